The molecule has 0 saturated heterocycles. The number of imidazole rings is 1. The van der Waals surface area contributed by atoms with Crippen LogP contribution in [0, 0.1) is 5.92 Å². The average Bonchev–Trinajstić information content (AvgIpc) is 2.64. The van der Waals surface area contributed by atoms with E-state index in [9.17, 15) is 5.11 Å². The normalized spacial score (nSPS) is 14.9. The number of hydrogen-bond donors (Lipinski definition) is 1. The number of rotatable bonds is 5. The molecule has 0 amide bonds. The number of aliphatic hydroxyl groups excluding tert-OH is 1. The number of benzene rings is 1. The zero-order chi connectivity index (χ0) is 13.1. The van der Waals surface area contributed by atoms with Gasteiger partial charge in [0.05, 0.1) is 17.1 Å². The summed E-state index contributed by atoms with van der Waals surface area (Å²) in [5.41, 5.74) is 2.28. The van der Waals surface area contributed by atoms with Crippen LogP contribution in [0.1, 0.15) is 33.0 Å². The molecular weight excluding hydrogens is 224 g/mol. The molecule has 0 bridgehead atoms. The molecule has 0 aliphatic carbocycles. The van der Waals surface area contributed by atoms with E-state index >= 15 is 0 Å². The number of aryl methyl sites for hydroxylation is 1. The van der Waals surface area contributed by atoms with Crippen molar-refractivity contribution in [2.75, 3.05) is 0 Å². The first-order chi connectivity index (χ1) is 8.61. The molecule has 1 aromatic carbocycles. The molecule has 98 valence electrons. The molecule has 0 spiro atoms. The fraction of sp³-hybridized carbons (Fsp3) is 0.533. The number of nitrogens with zero attached hydrogens (tertiary/aromatic N) is 2. The zero-order valence-electron chi connectivity index (χ0n) is 11.4. The first-order valence-electron chi connectivity index (χ1n) is 6.74. The minimum atomic E-state index is -0.237. The molecule has 1 N–H and O–H groups in total. The summed E-state index contributed by atoms with van der Waals surface area (Å²) in [6, 6.07) is 8.26. The van der Waals surface area contributed by atoms with Gasteiger partial charge in [-0.2, -0.15) is 0 Å². The number of fused-ring (bicyclic) bond motifs is 1. The summed E-state index contributed by atoms with van der Waals surface area (Å²) in [6.07, 6.45) is 1.51. The zero-order valence-corrected chi connectivity index (χ0v) is 11.4. The summed E-state index contributed by atoms with van der Waals surface area (Å²) in [5, 5.41) is 9.44. The standard InChI is InChI=1S/C15H22N2O/c1-4-17-14-8-6-5-7-13(14)16-15(17)10-11(2)9-12(3)18/h5-8,11-12,18H,4,9-10H2,1-3H3. The molecule has 0 aliphatic rings. The number of para-hydroxylation sites is 2. The van der Waals surface area contributed by atoms with Crippen LogP contribution in [0.5, 0.6) is 0 Å². The van der Waals surface area contributed by atoms with Crippen molar-refractivity contribution in [3.05, 3.63) is 30.1 Å². The van der Waals surface area contributed by atoms with Crippen molar-refractivity contribution in [2.45, 2.75) is 46.3 Å². The van der Waals surface area contributed by atoms with E-state index in [0.717, 1.165) is 30.7 Å². The number of hydrogen-bond acceptors (Lipinski definition) is 2. The summed E-state index contributed by atoms with van der Waals surface area (Å²) in [6.45, 7) is 7.11. The first-order valence-corrected chi connectivity index (χ1v) is 6.74. The largest absolute Gasteiger partial charge is 0.393 e. The van der Waals surface area contributed by atoms with Crippen LogP contribution in [0.15, 0.2) is 24.3 Å². The predicted octanol–water partition coefficient (Wildman–Crippen LogP) is 3.01. The van der Waals surface area contributed by atoms with Crippen LogP contribution in [0.4, 0.5) is 0 Å². The van der Waals surface area contributed by atoms with Crippen LogP contribution in [-0.4, -0.2) is 20.8 Å². The Balaban J connectivity index is 2.27. The highest BCUT2D eigenvalue weighted by atomic mass is 16.3. The highest BCUT2D eigenvalue weighted by molar-refractivity contribution is 5.75. The van der Waals surface area contributed by atoms with Crippen LogP contribution < -0.4 is 0 Å². The lowest BCUT2D eigenvalue weighted by Crippen LogP contribution is -2.12. The van der Waals surface area contributed by atoms with Crippen molar-refractivity contribution in [3.63, 3.8) is 0 Å². The Morgan fingerprint density at radius 2 is 2.00 bits per heavy atom. The summed E-state index contributed by atoms with van der Waals surface area (Å²) >= 11 is 0. The molecule has 0 fully saturated rings. The molecule has 2 rings (SSSR count). The molecule has 0 radical (unpaired) electrons. The van der Waals surface area contributed by atoms with Crippen molar-refractivity contribution in [3.8, 4) is 0 Å². The minimum absolute atomic E-state index is 0.237. The Kier molecular flexibility index (Phi) is 4.02. The molecule has 3 heteroatoms. The van der Waals surface area contributed by atoms with E-state index in [1.54, 1.807) is 0 Å². The summed E-state index contributed by atoms with van der Waals surface area (Å²) in [4.78, 5) is 4.71. The SMILES string of the molecule is CCn1c(CC(C)CC(C)O)nc2ccccc21. The van der Waals surface area contributed by atoms with Gasteiger partial charge in [0.2, 0.25) is 0 Å². The lowest BCUT2D eigenvalue weighted by Gasteiger charge is -2.13. The molecule has 3 nitrogen and oxygen atoms in total. The molecular formula is C15H22N2O. The van der Waals surface area contributed by atoms with Crippen LogP contribution in [0.2, 0.25) is 0 Å². The van der Waals surface area contributed by atoms with Crippen LogP contribution >= 0.6 is 0 Å². The van der Waals surface area contributed by atoms with Crippen LogP contribution in [-0.2, 0) is 13.0 Å². The summed E-state index contributed by atoms with van der Waals surface area (Å²) < 4.78 is 2.27. The van der Waals surface area contributed by atoms with Gasteiger partial charge in [0.25, 0.3) is 0 Å². The van der Waals surface area contributed by atoms with E-state index in [1.165, 1.54) is 5.52 Å². The van der Waals surface area contributed by atoms with Gasteiger partial charge < -0.3 is 9.67 Å². The first kappa shape index (κ1) is 13.1. The Hall–Kier alpha value is -1.35. The van der Waals surface area contributed by atoms with Gasteiger partial charge in [-0.25, -0.2) is 4.98 Å². The van der Waals surface area contributed by atoms with E-state index < -0.39 is 0 Å². The second-order valence-corrected chi connectivity index (χ2v) is 5.16. The molecule has 2 atom stereocenters. The van der Waals surface area contributed by atoms with Crippen molar-refractivity contribution in [1.29, 1.82) is 0 Å². The van der Waals surface area contributed by atoms with E-state index in [4.69, 9.17) is 4.98 Å². The highest BCUT2D eigenvalue weighted by Crippen LogP contribution is 2.19. The van der Waals surface area contributed by atoms with E-state index in [-0.39, 0.29) is 6.10 Å². The lowest BCUT2D eigenvalue weighted by molar-refractivity contribution is 0.163. The third kappa shape index (κ3) is 2.72. The van der Waals surface area contributed by atoms with Gasteiger partial charge in [-0.05, 0) is 38.3 Å². The third-order valence-electron chi connectivity index (χ3n) is 3.32. The second-order valence-electron chi connectivity index (χ2n) is 5.16. The smallest absolute Gasteiger partial charge is 0.110 e. The quantitative estimate of drug-likeness (QED) is 0.880. The van der Waals surface area contributed by atoms with E-state index in [0.29, 0.717) is 5.92 Å². The molecule has 2 aromatic rings. The fourth-order valence-corrected chi connectivity index (χ4v) is 2.61. The Labute approximate surface area is 108 Å². The molecule has 1 aromatic heterocycles. The molecule has 18 heavy (non-hydrogen) atoms. The predicted molar refractivity (Wildman–Crippen MR) is 74.6 cm³/mol. The monoisotopic (exact) mass is 246 g/mol. The minimum Gasteiger partial charge on any atom is -0.393 e. The fourth-order valence-electron chi connectivity index (χ4n) is 2.61. The Bertz CT molecular complexity index is 516. The van der Waals surface area contributed by atoms with Gasteiger partial charge in [0.15, 0.2) is 0 Å². The maximum atomic E-state index is 9.44. The Morgan fingerprint density at radius 1 is 1.28 bits per heavy atom. The van der Waals surface area contributed by atoms with Crippen molar-refractivity contribution >= 4 is 11.0 Å². The molecule has 0 aliphatic heterocycles. The molecule has 0 saturated carbocycles. The van der Waals surface area contributed by atoms with Crippen molar-refractivity contribution in [1.82, 2.24) is 9.55 Å². The van der Waals surface area contributed by atoms with E-state index in [1.807, 2.05) is 13.0 Å². The van der Waals surface area contributed by atoms with E-state index in [2.05, 4.69) is 36.6 Å². The Morgan fingerprint density at radius 3 is 2.67 bits per heavy atom. The van der Waals surface area contributed by atoms with Gasteiger partial charge in [-0.3, -0.25) is 0 Å². The van der Waals surface area contributed by atoms with Crippen LogP contribution in [0.3, 0.4) is 0 Å². The third-order valence-corrected chi connectivity index (χ3v) is 3.32. The van der Waals surface area contributed by atoms with Gasteiger partial charge >= 0.3 is 0 Å². The summed E-state index contributed by atoms with van der Waals surface area (Å²) in [7, 11) is 0. The van der Waals surface area contributed by atoms with Crippen LogP contribution in [0.25, 0.3) is 11.0 Å². The van der Waals surface area contributed by atoms with Crippen molar-refractivity contribution < 1.29 is 5.11 Å². The molecule has 2 unspecified atom stereocenters. The maximum Gasteiger partial charge on any atom is 0.110 e. The van der Waals surface area contributed by atoms with Gasteiger partial charge in [0, 0.05) is 13.0 Å². The van der Waals surface area contributed by atoms with Gasteiger partial charge in [0.1, 0.15) is 5.82 Å². The topological polar surface area (TPSA) is 38.0 Å². The lowest BCUT2D eigenvalue weighted by atomic mass is 10.0. The highest BCUT2D eigenvalue weighted by Gasteiger charge is 2.13. The van der Waals surface area contributed by atoms with Crippen molar-refractivity contribution in [2.24, 2.45) is 5.92 Å². The van der Waals surface area contributed by atoms with Gasteiger partial charge in [-0.1, -0.05) is 19.1 Å². The molecule has 1 heterocycles. The average molecular weight is 246 g/mol. The van der Waals surface area contributed by atoms with Gasteiger partial charge in [-0.15, -0.1) is 0 Å². The maximum absolute atomic E-state index is 9.44. The number of aliphatic hydroxyl groups is 1. The second kappa shape index (κ2) is 5.53. The summed E-state index contributed by atoms with van der Waals surface area (Å²) in [5.74, 6) is 1.58. The number of aromatic nitrogens is 2.